The number of hydrogen-bond donors (Lipinski definition) is 1. The summed E-state index contributed by atoms with van der Waals surface area (Å²) in [5.74, 6) is 0.830. The number of hydrogen-bond acceptors (Lipinski definition) is 4. The second-order valence-electron chi connectivity index (χ2n) is 6.57. The predicted molar refractivity (Wildman–Crippen MR) is 104 cm³/mol. The van der Waals surface area contributed by atoms with Crippen molar-refractivity contribution in [3.63, 3.8) is 0 Å². The lowest BCUT2D eigenvalue weighted by Gasteiger charge is -2.33. The summed E-state index contributed by atoms with van der Waals surface area (Å²) in [5, 5.41) is 2.97. The van der Waals surface area contributed by atoms with Crippen molar-refractivity contribution >= 4 is 17.3 Å². The van der Waals surface area contributed by atoms with Crippen molar-refractivity contribution in [3.8, 4) is 5.75 Å². The predicted octanol–water partition coefficient (Wildman–Crippen LogP) is 3.49. The Hall–Kier alpha value is -2.53. The van der Waals surface area contributed by atoms with Gasteiger partial charge >= 0.3 is 0 Å². The second kappa shape index (κ2) is 8.72. The lowest BCUT2D eigenvalue weighted by Crippen LogP contribution is -2.41. The highest BCUT2D eigenvalue weighted by Gasteiger charge is 2.16. The van der Waals surface area contributed by atoms with Crippen LogP contribution in [-0.4, -0.2) is 38.8 Å². The van der Waals surface area contributed by atoms with Crippen molar-refractivity contribution in [1.82, 2.24) is 0 Å². The lowest BCUT2D eigenvalue weighted by molar-refractivity contribution is -0.116. The first-order valence-corrected chi connectivity index (χ1v) is 9.03. The van der Waals surface area contributed by atoms with Gasteiger partial charge in [0.15, 0.2) is 0 Å². The van der Waals surface area contributed by atoms with Gasteiger partial charge in [0.05, 0.1) is 19.8 Å². The van der Waals surface area contributed by atoms with Crippen LogP contribution in [0.15, 0.2) is 48.5 Å². The van der Waals surface area contributed by atoms with Crippen LogP contribution in [0.2, 0.25) is 0 Å². The SMILES string of the molecule is COc1cccc(CCC(=O)Nc2ccc(N3CCOC(C)C3)cc2)c1. The van der Waals surface area contributed by atoms with E-state index in [1.54, 1.807) is 7.11 Å². The summed E-state index contributed by atoms with van der Waals surface area (Å²) in [6.07, 6.45) is 1.38. The number of anilines is 2. The van der Waals surface area contributed by atoms with Gasteiger partial charge < -0.3 is 19.7 Å². The van der Waals surface area contributed by atoms with Gasteiger partial charge in [-0.2, -0.15) is 0 Å². The molecule has 2 aromatic carbocycles. The molecule has 5 heteroatoms. The largest absolute Gasteiger partial charge is 0.497 e. The Bertz CT molecular complexity index is 730. The van der Waals surface area contributed by atoms with Gasteiger partial charge in [-0.25, -0.2) is 0 Å². The molecular weight excluding hydrogens is 328 g/mol. The number of morpholine rings is 1. The first kappa shape index (κ1) is 18.3. The molecule has 0 spiro atoms. The van der Waals surface area contributed by atoms with Crippen LogP contribution < -0.4 is 15.0 Å². The zero-order chi connectivity index (χ0) is 18.4. The maximum absolute atomic E-state index is 12.2. The number of aryl methyl sites for hydroxylation is 1. The highest BCUT2D eigenvalue weighted by Crippen LogP contribution is 2.21. The molecule has 1 saturated heterocycles. The maximum Gasteiger partial charge on any atom is 0.224 e. The Morgan fingerprint density at radius 2 is 2.08 bits per heavy atom. The van der Waals surface area contributed by atoms with Gasteiger partial charge in [-0.15, -0.1) is 0 Å². The Balaban J connectivity index is 1.51. The molecule has 3 rings (SSSR count). The third-order valence-corrected chi connectivity index (χ3v) is 4.53. The number of ether oxygens (including phenoxy) is 2. The summed E-state index contributed by atoms with van der Waals surface area (Å²) in [5.41, 5.74) is 3.08. The molecule has 1 unspecified atom stereocenters. The molecule has 0 radical (unpaired) electrons. The van der Waals surface area contributed by atoms with E-state index in [9.17, 15) is 4.79 Å². The number of carbonyl (C=O) groups is 1. The van der Waals surface area contributed by atoms with Crippen LogP contribution in [0.25, 0.3) is 0 Å². The van der Waals surface area contributed by atoms with E-state index < -0.39 is 0 Å². The summed E-state index contributed by atoms with van der Waals surface area (Å²) in [6.45, 7) is 4.63. The van der Waals surface area contributed by atoms with Crippen LogP contribution >= 0.6 is 0 Å². The van der Waals surface area contributed by atoms with Gasteiger partial charge in [-0.3, -0.25) is 4.79 Å². The molecule has 1 N–H and O–H groups in total. The van der Waals surface area contributed by atoms with Gasteiger partial charge in [0.25, 0.3) is 0 Å². The Morgan fingerprint density at radius 1 is 1.27 bits per heavy atom. The molecule has 0 bridgehead atoms. The normalized spacial score (nSPS) is 17.0. The topological polar surface area (TPSA) is 50.8 Å². The third kappa shape index (κ3) is 4.99. The van der Waals surface area contributed by atoms with Gasteiger partial charge in [0, 0.05) is 30.9 Å². The highest BCUT2D eigenvalue weighted by molar-refractivity contribution is 5.91. The molecular formula is C21H26N2O3. The number of nitrogens with zero attached hydrogens (tertiary/aromatic N) is 1. The Labute approximate surface area is 154 Å². The lowest BCUT2D eigenvalue weighted by atomic mass is 10.1. The van der Waals surface area contributed by atoms with E-state index in [1.807, 2.05) is 36.4 Å². The number of benzene rings is 2. The zero-order valence-electron chi connectivity index (χ0n) is 15.4. The van der Waals surface area contributed by atoms with Crippen LogP contribution in [-0.2, 0) is 16.0 Å². The minimum Gasteiger partial charge on any atom is -0.497 e. The van der Waals surface area contributed by atoms with Crippen molar-refractivity contribution in [3.05, 3.63) is 54.1 Å². The van der Waals surface area contributed by atoms with Crippen LogP contribution in [0.1, 0.15) is 18.9 Å². The van der Waals surface area contributed by atoms with Crippen LogP contribution in [0, 0.1) is 0 Å². The van der Waals surface area contributed by atoms with E-state index in [2.05, 4.69) is 29.3 Å². The molecule has 0 saturated carbocycles. The fourth-order valence-electron chi connectivity index (χ4n) is 3.12. The molecule has 0 aliphatic carbocycles. The van der Waals surface area contributed by atoms with Crippen molar-refractivity contribution < 1.29 is 14.3 Å². The molecule has 0 aromatic heterocycles. The quantitative estimate of drug-likeness (QED) is 0.863. The summed E-state index contributed by atoms with van der Waals surface area (Å²) in [7, 11) is 1.65. The molecule has 138 valence electrons. The van der Waals surface area contributed by atoms with Crippen molar-refractivity contribution in [2.45, 2.75) is 25.9 Å². The minimum absolute atomic E-state index is 0.0144. The molecule has 1 aliphatic rings. The molecule has 1 fully saturated rings. The summed E-state index contributed by atoms with van der Waals surface area (Å²) < 4.78 is 10.8. The van der Waals surface area contributed by atoms with Crippen LogP contribution in [0.5, 0.6) is 5.75 Å². The summed E-state index contributed by atoms with van der Waals surface area (Å²) in [6, 6.07) is 15.8. The molecule has 5 nitrogen and oxygen atoms in total. The van der Waals surface area contributed by atoms with Gasteiger partial charge in [-0.05, 0) is 55.3 Å². The number of nitrogens with one attached hydrogen (secondary N) is 1. The summed E-state index contributed by atoms with van der Waals surface area (Å²) >= 11 is 0. The van der Waals surface area contributed by atoms with Gasteiger partial charge in [0.1, 0.15) is 5.75 Å². The first-order valence-electron chi connectivity index (χ1n) is 9.03. The number of methoxy groups -OCH3 is 1. The number of rotatable bonds is 6. The molecule has 1 atom stereocenters. The van der Waals surface area contributed by atoms with E-state index >= 15 is 0 Å². The minimum atomic E-state index is 0.0144. The van der Waals surface area contributed by atoms with E-state index in [4.69, 9.17) is 9.47 Å². The monoisotopic (exact) mass is 354 g/mol. The fourth-order valence-corrected chi connectivity index (χ4v) is 3.12. The van der Waals surface area contributed by atoms with Crippen molar-refractivity contribution in [2.24, 2.45) is 0 Å². The maximum atomic E-state index is 12.2. The fraction of sp³-hybridized carbons (Fsp3) is 0.381. The van der Waals surface area contributed by atoms with E-state index in [-0.39, 0.29) is 12.0 Å². The van der Waals surface area contributed by atoms with Crippen molar-refractivity contribution in [2.75, 3.05) is 37.0 Å². The van der Waals surface area contributed by atoms with E-state index in [0.717, 1.165) is 42.4 Å². The highest BCUT2D eigenvalue weighted by atomic mass is 16.5. The smallest absolute Gasteiger partial charge is 0.224 e. The Morgan fingerprint density at radius 3 is 2.81 bits per heavy atom. The van der Waals surface area contributed by atoms with Gasteiger partial charge in [0.2, 0.25) is 5.91 Å². The summed E-state index contributed by atoms with van der Waals surface area (Å²) in [4.78, 5) is 14.5. The van der Waals surface area contributed by atoms with E-state index in [1.165, 1.54) is 0 Å². The zero-order valence-corrected chi connectivity index (χ0v) is 15.4. The second-order valence-corrected chi connectivity index (χ2v) is 6.57. The standard InChI is InChI=1S/C21H26N2O3/c1-16-15-23(12-13-26-16)19-9-7-18(8-10-19)22-21(24)11-6-17-4-3-5-20(14-17)25-2/h3-5,7-10,14,16H,6,11-13,15H2,1-2H3,(H,22,24). The Kier molecular flexibility index (Phi) is 6.12. The molecule has 1 aliphatic heterocycles. The third-order valence-electron chi connectivity index (χ3n) is 4.53. The van der Waals surface area contributed by atoms with Gasteiger partial charge in [-0.1, -0.05) is 12.1 Å². The molecule has 1 amide bonds. The van der Waals surface area contributed by atoms with Crippen LogP contribution in [0.3, 0.4) is 0 Å². The first-order chi connectivity index (χ1) is 12.6. The van der Waals surface area contributed by atoms with E-state index in [0.29, 0.717) is 12.8 Å². The molecule has 26 heavy (non-hydrogen) atoms. The van der Waals surface area contributed by atoms with Crippen molar-refractivity contribution in [1.29, 1.82) is 0 Å². The molecule has 1 heterocycles. The van der Waals surface area contributed by atoms with Crippen LogP contribution in [0.4, 0.5) is 11.4 Å². The number of amides is 1. The average Bonchev–Trinajstić information content (AvgIpc) is 2.67. The average molecular weight is 354 g/mol. The number of carbonyl (C=O) groups excluding carboxylic acids is 1. The molecule has 2 aromatic rings.